The fourth-order valence-corrected chi connectivity index (χ4v) is 5.60. The predicted octanol–water partition coefficient (Wildman–Crippen LogP) is 2.35. The molecule has 0 unspecified atom stereocenters. The van der Waals surface area contributed by atoms with Crippen LogP contribution in [0.15, 0.2) is 29.2 Å². The third-order valence-electron chi connectivity index (χ3n) is 2.78. The highest BCUT2D eigenvalue weighted by atomic mass is 32.2. The summed E-state index contributed by atoms with van der Waals surface area (Å²) >= 11 is 2.42. The van der Waals surface area contributed by atoms with Crippen LogP contribution in [0.2, 0.25) is 0 Å². The summed E-state index contributed by atoms with van der Waals surface area (Å²) < 4.78 is 28.4. The lowest BCUT2D eigenvalue weighted by Gasteiger charge is -2.05. The second-order valence-corrected chi connectivity index (χ2v) is 8.18. The molecule has 0 aliphatic carbocycles. The molecule has 21 heavy (non-hydrogen) atoms. The molecule has 0 fully saturated rings. The topological polar surface area (TPSA) is 92.2 Å². The van der Waals surface area contributed by atoms with Crippen molar-refractivity contribution >= 4 is 47.9 Å². The maximum atomic E-state index is 12.6. The molecule has 6 nitrogen and oxygen atoms in total. The third kappa shape index (κ3) is 2.64. The Balaban J connectivity index is 2.13. The maximum Gasteiger partial charge on any atom is 0.265 e. The third-order valence-corrected chi connectivity index (χ3v) is 6.41. The van der Waals surface area contributed by atoms with Crippen molar-refractivity contribution in [1.82, 2.24) is 10.2 Å². The van der Waals surface area contributed by atoms with E-state index >= 15 is 0 Å². The minimum absolute atomic E-state index is 0.110. The van der Waals surface area contributed by atoms with E-state index in [0.29, 0.717) is 15.3 Å². The van der Waals surface area contributed by atoms with Crippen LogP contribution in [0.1, 0.15) is 9.88 Å². The number of aryl methyl sites for hydroxylation is 1. The Hall–Kier alpha value is -1.55. The lowest BCUT2D eigenvalue weighted by molar-refractivity contribution is 0.283. The minimum atomic E-state index is -3.82. The van der Waals surface area contributed by atoms with Crippen LogP contribution >= 0.6 is 22.7 Å². The molecule has 0 spiro atoms. The SMILES string of the molecule is Cc1nnc(NS(=O)(=O)c2c(CO)sc3ccccc23)s1. The molecule has 2 heterocycles. The van der Waals surface area contributed by atoms with Gasteiger partial charge in [0.1, 0.15) is 9.90 Å². The van der Waals surface area contributed by atoms with Gasteiger partial charge in [-0.15, -0.1) is 21.5 Å². The lowest BCUT2D eigenvalue weighted by atomic mass is 10.2. The van der Waals surface area contributed by atoms with Crippen molar-refractivity contribution < 1.29 is 13.5 Å². The van der Waals surface area contributed by atoms with Crippen LogP contribution in [-0.4, -0.2) is 23.7 Å². The molecule has 0 amide bonds. The quantitative estimate of drug-likeness (QED) is 0.760. The second kappa shape index (κ2) is 5.34. The smallest absolute Gasteiger partial charge is 0.265 e. The maximum absolute atomic E-state index is 12.6. The van der Waals surface area contributed by atoms with E-state index in [2.05, 4.69) is 14.9 Å². The number of benzene rings is 1. The molecule has 2 aromatic heterocycles. The number of sulfonamides is 1. The molecule has 0 saturated carbocycles. The Bertz CT molecular complexity index is 899. The van der Waals surface area contributed by atoms with Crippen molar-refractivity contribution in [3.8, 4) is 0 Å². The highest BCUT2D eigenvalue weighted by Gasteiger charge is 2.25. The van der Waals surface area contributed by atoms with E-state index in [1.165, 1.54) is 11.3 Å². The summed E-state index contributed by atoms with van der Waals surface area (Å²) in [6.07, 6.45) is 0. The summed E-state index contributed by atoms with van der Waals surface area (Å²) in [6.45, 7) is 1.42. The van der Waals surface area contributed by atoms with E-state index in [-0.39, 0.29) is 16.6 Å². The van der Waals surface area contributed by atoms with Crippen molar-refractivity contribution in [2.45, 2.75) is 18.4 Å². The van der Waals surface area contributed by atoms with Crippen LogP contribution in [0.4, 0.5) is 5.13 Å². The molecule has 3 aromatic rings. The number of nitrogens with one attached hydrogen (secondary N) is 1. The molecular weight excluding hydrogens is 330 g/mol. The van der Waals surface area contributed by atoms with Crippen molar-refractivity contribution in [2.24, 2.45) is 0 Å². The fraction of sp³-hybridized carbons (Fsp3) is 0.167. The number of hydrogen-bond donors (Lipinski definition) is 2. The van der Waals surface area contributed by atoms with Gasteiger partial charge in [0.15, 0.2) is 0 Å². The molecule has 1 aromatic carbocycles. The van der Waals surface area contributed by atoms with E-state index in [0.717, 1.165) is 16.0 Å². The standard InChI is InChI=1S/C12H11N3O3S3/c1-7-13-14-12(19-7)15-21(17,18)11-8-4-2-3-5-9(8)20-10(11)6-16/h2-5,16H,6H2,1H3,(H,14,15). The van der Waals surface area contributed by atoms with Gasteiger partial charge in [-0.3, -0.25) is 4.72 Å². The van der Waals surface area contributed by atoms with Crippen LogP contribution in [0.5, 0.6) is 0 Å². The van der Waals surface area contributed by atoms with E-state index in [9.17, 15) is 13.5 Å². The van der Waals surface area contributed by atoms with Crippen LogP contribution < -0.4 is 4.72 Å². The van der Waals surface area contributed by atoms with E-state index in [1.807, 2.05) is 12.1 Å². The van der Waals surface area contributed by atoms with Gasteiger partial charge in [0, 0.05) is 10.1 Å². The molecule has 0 aliphatic rings. The highest BCUT2D eigenvalue weighted by molar-refractivity contribution is 7.93. The zero-order chi connectivity index (χ0) is 15.0. The first-order valence-corrected chi connectivity index (χ1v) is 9.07. The van der Waals surface area contributed by atoms with Gasteiger partial charge in [-0.1, -0.05) is 29.5 Å². The first-order chi connectivity index (χ1) is 10.0. The number of aliphatic hydroxyl groups is 1. The summed E-state index contributed by atoms with van der Waals surface area (Å²) in [7, 11) is -3.82. The fourth-order valence-electron chi connectivity index (χ4n) is 1.97. The van der Waals surface area contributed by atoms with Crippen molar-refractivity contribution in [3.05, 3.63) is 34.2 Å². The number of aromatic nitrogens is 2. The number of fused-ring (bicyclic) bond motifs is 1. The molecule has 0 atom stereocenters. The summed E-state index contributed by atoms with van der Waals surface area (Å²) in [6, 6.07) is 7.15. The Morgan fingerprint density at radius 3 is 2.67 bits per heavy atom. The zero-order valence-corrected chi connectivity index (χ0v) is 13.3. The second-order valence-electron chi connectivity index (χ2n) is 4.24. The van der Waals surface area contributed by atoms with E-state index < -0.39 is 10.0 Å². The van der Waals surface area contributed by atoms with Gasteiger partial charge in [-0.25, -0.2) is 8.42 Å². The van der Waals surface area contributed by atoms with Crippen LogP contribution in [0.25, 0.3) is 10.1 Å². The van der Waals surface area contributed by atoms with E-state index in [1.54, 1.807) is 19.1 Å². The number of anilines is 1. The Labute approximate surface area is 129 Å². The van der Waals surface area contributed by atoms with Gasteiger partial charge in [-0.05, 0) is 13.0 Å². The average Bonchev–Trinajstić information content (AvgIpc) is 3.01. The van der Waals surface area contributed by atoms with Crippen molar-refractivity contribution in [1.29, 1.82) is 0 Å². The number of nitrogens with zero attached hydrogens (tertiary/aromatic N) is 2. The molecule has 0 aliphatic heterocycles. The molecule has 0 saturated heterocycles. The number of aliphatic hydroxyl groups excluding tert-OH is 1. The molecular formula is C12H11N3O3S3. The summed E-state index contributed by atoms with van der Waals surface area (Å²) in [5, 5.41) is 18.5. The minimum Gasteiger partial charge on any atom is -0.391 e. The number of thiophene rings is 1. The lowest BCUT2D eigenvalue weighted by Crippen LogP contribution is -2.14. The summed E-state index contributed by atoms with van der Waals surface area (Å²) in [5.74, 6) is 0. The van der Waals surface area contributed by atoms with Crippen LogP contribution in [0.3, 0.4) is 0 Å². The van der Waals surface area contributed by atoms with Crippen molar-refractivity contribution in [2.75, 3.05) is 4.72 Å². The summed E-state index contributed by atoms with van der Waals surface area (Å²) in [4.78, 5) is 0.517. The largest absolute Gasteiger partial charge is 0.391 e. The number of rotatable bonds is 4. The predicted molar refractivity (Wildman–Crippen MR) is 83.2 cm³/mol. The molecule has 2 N–H and O–H groups in total. The molecule has 3 rings (SSSR count). The van der Waals surface area contributed by atoms with Crippen LogP contribution in [-0.2, 0) is 16.6 Å². The van der Waals surface area contributed by atoms with Gasteiger partial charge in [-0.2, -0.15) is 0 Å². The van der Waals surface area contributed by atoms with Crippen LogP contribution in [0, 0.1) is 6.92 Å². The van der Waals surface area contributed by atoms with Crippen molar-refractivity contribution in [3.63, 3.8) is 0 Å². The average molecular weight is 341 g/mol. The number of hydrogen-bond acceptors (Lipinski definition) is 7. The normalized spacial score (nSPS) is 11.9. The highest BCUT2D eigenvalue weighted by Crippen LogP contribution is 2.35. The van der Waals surface area contributed by atoms with Gasteiger partial charge < -0.3 is 5.11 Å². The monoisotopic (exact) mass is 341 g/mol. The molecule has 110 valence electrons. The first-order valence-electron chi connectivity index (χ1n) is 5.95. The van der Waals surface area contributed by atoms with Gasteiger partial charge >= 0.3 is 0 Å². The van der Waals surface area contributed by atoms with E-state index in [4.69, 9.17) is 0 Å². The zero-order valence-electron chi connectivity index (χ0n) is 10.9. The van der Waals surface area contributed by atoms with Gasteiger partial charge in [0.05, 0.1) is 11.5 Å². The molecule has 0 radical (unpaired) electrons. The molecule has 9 heteroatoms. The Morgan fingerprint density at radius 2 is 2.00 bits per heavy atom. The Morgan fingerprint density at radius 1 is 1.24 bits per heavy atom. The van der Waals surface area contributed by atoms with Gasteiger partial charge in [0.25, 0.3) is 10.0 Å². The first kappa shape index (κ1) is 14.4. The Kier molecular flexibility index (Phi) is 3.66. The molecule has 0 bridgehead atoms. The summed E-state index contributed by atoms with van der Waals surface area (Å²) in [5.41, 5.74) is 0. The van der Waals surface area contributed by atoms with Gasteiger partial charge in [0.2, 0.25) is 5.13 Å².